The molecule has 0 aromatic carbocycles. The van der Waals surface area contributed by atoms with Crippen LogP contribution in [0.2, 0.25) is 0 Å². The lowest BCUT2D eigenvalue weighted by atomic mass is 9.68. The average Bonchev–Trinajstić information content (AvgIpc) is 2.45. The minimum absolute atomic E-state index is 0.104. The molecule has 0 N–H and O–H groups in total. The Hall–Kier alpha value is -0.0400. The SMILES string of the molecule is CCCC(I)(CC)CC1(F)C(F)(F)C(F)(F)C(F)(F)C(F)(F)C1(F)F. The van der Waals surface area contributed by atoms with E-state index in [0.717, 1.165) is 0 Å². The molecule has 0 nitrogen and oxygen atoms in total. The van der Waals surface area contributed by atoms with Crippen LogP contribution in [0.1, 0.15) is 39.5 Å². The first-order valence-electron chi connectivity index (χ1n) is 7.10. The van der Waals surface area contributed by atoms with Crippen LogP contribution >= 0.6 is 22.6 Å². The van der Waals surface area contributed by atoms with Crippen molar-refractivity contribution in [3.63, 3.8) is 0 Å². The quantitative estimate of drug-likeness (QED) is 0.223. The van der Waals surface area contributed by atoms with Gasteiger partial charge in [-0.1, -0.05) is 42.9 Å². The van der Waals surface area contributed by atoms with Crippen molar-refractivity contribution in [2.24, 2.45) is 0 Å². The maximum atomic E-state index is 14.7. The van der Waals surface area contributed by atoms with Crippen molar-refractivity contribution in [1.29, 1.82) is 0 Å². The second-order valence-electron chi connectivity index (χ2n) is 6.10. The molecule has 0 saturated heterocycles. The second-order valence-corrected chi connectivity index (χ2v) is 8.39. The highest BCUT2D eigenvalue weighted by Crippen LogP contribution is 2.71. The van der Waals surface area contributed by atoms with E-state index < -0.39 is 45.1 Å². The monoisotopic (exact) mass is 506 g/mol. The van der Waals surface area contributed by atoms with E-state index in [9.17, 15) is 48.3 Å². The molecule has 1 rings (SSSR count). The Morgan fingerprint density at radius 2 is 0.960 bits per heavy atom. The van der Waals surface area contributed by atoms with E-state index in [1.54, 1.807) is 0 Å². The zero-order chi connectivity index (χ0) is 20.3. The number of rotatable bonds is 5. The summed E-state index contributed by atoms with van der Waals surface area (Å²) in [4.78, 5) is 0. The summed E-state index contributed by atoms with van der Waals surface area (Å²) in [6, 6.07) is 0. The number of halogens is 12. The fourth-order valence-electron chi connectivity index (χ4n) is 2.78. The van der Waals surface area contributed by atoms with Crippen LogP contribution in [-0.2, 0) is 0 Å². The topological polar surface area (TPSA) is 0 Å². The second kappa shape index (κ2) is 5.98. The summed E-state index contributed by atoms with van der Waals surface area (Å²) < 4.78 is 148. The molecule has 1 aliphatic rings. The van der Waals surface area contributed by atoms with E-state index in [0.29, 0.717) is 0 Å². The molecule has 1 fully saturated rings. The highest BCUT2D eigenvalue weighted by Gasteiger charge is 3.01. The largest absolute Gasteiger partial charge is 0.384 e. The van der Waals surface area contributed by atoms with Gasteiger partial charge in [-0.3, -0.25) is 0 Å². The lowest BCUT2D eigenvalue weighted by molar-refractivity contribution is -0.486. The molecule has 0 radical (unpaired) electrons. The van der Waals surface area contributed by atoms with Crippen LogP contribution in [0.5, 0.6) is 0 Å². The molecule has 0 heterocycles. The van der Waals surface area contributed by atoms with Crippen molar-refractivity contribution in [1.82, 2.24) is 0 Å². The van der Waals surface area contributed by atoms with Gasteiger partial charge in [-0.25, -0.2) is 4.39 Å². The maximum Gasteiger partial charge on any atom is 0.384 e. The average molecular weight is 506 g/mol. The first-order chi connectivity index (χ1) is 10.8. The number of hydrogen-bond acceptors (Lipinski definition) is 0. The van der Waals surface area contributed by atoms with E-state index in [-0.39, 0.29) is 19.3 Å². The van der Waals surface area contributed by atoms with Crippen LogP contribution in [-0.4, -0.2) is 38.7 Å². The standard InChI is InChI=1S/C13H14F11I/c1-3-5-7(25,4-2)6-8(14)9(15,16)11(19,20)13(23,24)12(21,22)10(8,17)18/h3-6H2,1-2H3. The minimum Gasteiger partial charge on any atom is -0.230 e. The molecular weight excluding hydrogens is 492 g/mol. The molecule has 0 bridgehead atoms. The number of hydrogen-bond donors (Lipinski definition) is 0. The minimum atomic E-state index is -7.15. The Labute approximate surface area is 149 Å². The van der Waals surface area contributed by atoms with Gasteiger partial charge in [0.15, 0.2) is 0 Å². The Morgan fingerprint density at radius 3 is 1.24 bits per heavy atom. The predicted molar refractivity (Wildman–Crippen MR) is 75.1 cm³/mol. The molecule has 1 unspecified atom stereocenters. The molecule has 12 heteroatoms. The summed E-state index contributed by atoms with van der Waals surface area (Å²) in [6.07, 6.45) is -2.61. The summed E-state index contributed by atoms with van der Waals surface area (Å²) in [6.45, 7) is 2.65. The van der Waals surface area contributed by atoms with Gasteiger partial charge in [-0.15, -0.1) is 0 Å². The Morgan fingerprint density at radius 1 is 0.640 bits per heavy atom. The first kappa shape index (κ1) is 23.0. The zero-order valence-corrected chi connectivity index (χ0v) is 15.0. The molecule has 1 atom stereocenters. The predicted octanol–water partition coefficient (Wildman–Crippen LogP) is 6.66. The molecule has 0 aromatic heterocycles. The van der Waals surface area contributed by atoms with Crippen LogP contribution in [0.25, 0.3) is 0 Å². The molecule has 0 aliphatic heterocycles. The van der Waals surface area contributed by atoms with Gasteiger partial charge in [0.1, 0.15) is 0 Å². The van der Waals surface area contributed by atoms with Crippen LogP contribution < -0.4 is 0 Å². The normalized spacial score (nSPS) is 30.5. The van der Waals surface area contributed by atoms with E-state index in [4.69, 9.17) is 0 Å². The van der Waals surface area contributed by atoms with Crippen molar-refractivity contribution in [3.8, 4) is 0 Å². The third-order valence-corrected chi connectivity index (χ3v) is 6.15. The molecule has 0 aromatic rings. The summed E-state index contributed by atoms with van der Waals surface area (Å²) in [7, 11) is 0. The van der Waals surface area contributed by atoms with Gasteiger partial charge < -0.3 is 0 Å². The summed E-state index contributed by atoms with van der Waals surface area (Å²) in [5, 5.41) is 0. The van der Waals surface area contributed by atoms with Crippen molar-refractivity contribution in [2.45, 2.75) is 78.2 Å². The van der Waals surface area contributed by atoms with Gasteiger partial charge in [-0.05, 0) is 12.8 Å². The summed E-state index contributed by atoms with van der Waals surface area (Å²) in [5.41, 5.74) is -5.87. The van der Waals surface area contributed by atoms with E-state index >= 15 is 0 Å². The zero-order valence-electron chi connectivity index (χ0n) is 12.9. The van der Waals surface area contributed by atoms with Gasteiger partial charge in [0, 0.05) is 9.84 Å². The van der Waals surface area contributed by atoms with Crippen LogP contribution in [0.3, 0.4) is 0 Å². The first-order valence-corrected chi connectivity index (χ1v) is 8.17. The van der Waals surface area contributed by atoms with Crippen molar-refractivity contribution in [3.05, 3.63) is 0 Å². The molecular formula is C13H14F11I. The Kier molecular flexibility index (Phi) is 5.50. The molecule has 0 amide bonds. The Bertz CT molecular complexity index is 486. The van der Waals surface area contributed by atoms with Crippen LogP contribution in [0.15, 0.2) is 0 Å². The maximum absolute atomic E-state index is 14.7. The highest BCUT2D eigenvalue weighted by atomic mass is 127. The summed E-state index contributed by atoms with van der Waals surface area (Å²) >= 11 is 1.23. The van der Waals surface area contributed by atoms with Gasteiger partial charge in [0.2, 0.25) is 0 Å². The molecule has 25 heavy (non-hydrogen) atoms. The highest BCUT2D eigenvalue weighted by molar-refractivity contribution is 14.1. The molecule has 0 spiro atoms. The number of alkyl halides is 12. The van der Waals surface area contributed by atoms with E-state index in [2.05, 4.69) is 0 Å². The lowest BCUT2D eigenvalue weighted by Crippen LogP contribution is -2.84. The van der Waals surface area contributed by atoms with E-state index in [1.807, 2.05) is 0 Å². The smallest absolute Gasteiger partial charge is 0.230 e. The van der Waals surface area contributed by atoms with Crippen molar-refractivity contribution >= 4 is 22.6 Å². The van der Waals surface area contributed by atoms with E-state index in [1.165, 1.54) is 36.4 Å². The van der Waals surface area contributed by atoms with Gasteiger partial charge >= 0.3 is 29.6 Å². The van der Waals surface area contributed by atoms with Crippen LogP contribution in [0.4, 0.5) is 48.3 Å². The molecule has 1 aliphatic carbocycles. The van der Waals surface area contributed by atoms with Crippen molar-refractivity contribution < 1.29 is 48.3 Å². The van der Waals surface area contributed by atoms with Crippen LogP contribution in [0, 0.1) is 0 Å². The van der Waals surface area contributed by atoms with Gasteiger partial charge in [-0.2, -0.15) is 43.9 Å². The summed E-state index contributed by atoms with van der Waals surface area (Å²) in [5.74, 6) is -34.6. The fourth-order valence-corrected chi connectivity index (χ4v) is 3.85. The lowest BCUT2D eigenvalue weighted by Gasteiger charge is -2.54. The van der Waals surface area contributed by atoms with Gasteiger partial charge in [0.25, 0.3) is 5.67 Å². The molecule has 1 saturated carbocycles. The fraction of sp³-hybridized carbons (Fsp3) is 1.00. The third-order valence-electron chi connectivity index (χ3n) is 4.46. The Balaban J connectivity index is 3.72. The third kappa shape index (κ3) is 2.58. The van der Waals surface area contributed by atoms with Gasteiger partial charge in [0.05, 0.1) is 0 Å². The van der Waals surface area contributed by atoms with Crippen molar-refractivity contribution in [2.75, 3.05) is 0 Å². The molecule has 150 valence electrons.